The fourth-order valence-electron chi connectivity index (χ4n) is 4.46. The Labute approximate surface area is 181 Å². The number of rotatable bonds is 5. The van der Waals surface area contributed by atoms with E-state index in [0.29, 0.717) is 12.1 Å². The number of benzene rings is 2. The zero-order valence-corrected chi connectivity index (χ0v) is 17.5. The molecule has 0 radical (unpaired) electrons. The van der Waals surface area contributed by atoms with Gasteiger partial charge in [-0.1, -0.05) is 36.4 Å². The Balaban J connectivity index is 1.45. The van der Waals surface area contributed by atoms with E-state index in [4.69, 9.17) is 4.74 Å². The molecule has 3 aromatic rings. The van der Waals surface area contributed by atoms with Gasteiger partial charge < -0.3 is 19.5 Å². The molecule has 1 saturated heterocycles. The van der Waals surface area contributed by atoms with Gasteiger partial charge in [-0.15, -0.1) is 0 Å². The van der Waals surface area contributed by atoms with Gasteiger partial charge in [0.05, 0.1) is 11.8 Å². The van der Waals surface area contributed by atoms with Gasteiger partial charge in [0.15, 0.2) is 0 Å². The Morgan fingerprint density at radius 1 is 1.19 bits per heavy atom. The van der Waals surface area contributed by atoms with E-state index in [1.807, 2.05) is 65.4 Å². The number of ether oxygens (including phenoxy) is 1. The van der Waals surface area contributed by atoms with Crippen molar-refractivity contribution >= 4 is 40.1 Å². The second-order valence-electron chi connectivity index (χ2n) is 8.11. The molecule has 1 unspecified atom stereocenters. The van der Waals surface area contributed by atoms with Crippen LogP contribution in [0.15, 0.2) is 54.7 Å². The number of anilines is 1. The third kappa shape index (κ3) is 3.64. The zero-order valence-electron chi connectivity index (χ0n) is 17.5. The molecule has 2 aliphatic heterocycles. The van der Waals surface area contributed by atoms with Crippen LogP contribution in [-0.4, -0.2) is 42.7 Å². The summed E-state index contributed by atoms with van der Waals surface area (Å²) in [6, 6.07) is 15.8. The number of hydrogen-bond acceptors (Lipinski definition) is 3. The molecule has 1 N–H and O–H groups in total. The number of nitrogens with one attached hydrogen (secondary N) is 1. The highest BCUT2D eigenvalue weighted by Crippen LogP contribution is 2.37. The SMILES string of the molecule is CN1C(=O)C(=Cc2cn(CC(=O)NCC3CCCO3)c3ccccc23)c2ccccc21. The molecule has 2 aromatic carbocycles. The van der Waals surface area contributed by atoms with Crippen LogP contribution in [-0.2, 0) is 20.9 Å². The molecule has 5 rings (SSSR count). The van der Waals surface area contributed by atoms with E-state index in [-0.39, 0.29) is 24.5 Å². The second-order valence-corrected chi connectivity index (χ2v) is 8.11. The lowest BCUT2D eigenvalue weighted by Crippen LogP contribution is -2.34. The molecule has 2 aliphatic rings. The minimum atomic E-state index is -0.0440. The van der Waals surface area contributed by atoms with Crippen molar-refractivity contribution in [3.05, 3.63) is 65.9 Å². The van der Waals surface area contributed by atoms with Gasteiger partial charge in [-0.3, -0.25) is 9.59 Å². The average Bonchev–Trinajstić information content (AvgIpc) is 3.49. The van der Waals surface area contributed by atoms with Crippen molar-refractivity contribution in [3.63, 3.8) is 0 Å². The fraction of sp³-hybridized carbons (Fsp3) is 0.280. The molecule has 6 nitrogen and oxygen atoms in total. The Bertz CT molecular complexity index is 1190. The quantitative estimate of drug-likeness (QED) is 0.649. The first-order valence-electron chi connectivity index (χ1n) is 10.7. The minimum absolute atomic E-state index is 0.0210. The molecule has 0 bridgehead atoms. The van der Waals surface area contributed by atoms with Crippen LogP contribution in [0, 0.1) is 0 Å². The monoisotopic (exact) mass is 415 g/mol. The van der Waals surface area contributed by atoms with Gasteiger partial charge in [0, 0.05) is 54.0 Å². The molecule has 0 saturated carbocycles. The Kier molecular flexibility index (Phi) is 5.08. The highest BCUT2D eigenvalue weighted by molar-refractivity contribution is 6.36. The van der Waals surface area contributed by atoms with E-state index < -0.39 is 0 Å². The lowest BCUT2D eigenvalue weighted by Gasteiger charge is -2.11. The Morgan fingerprint density at radius 3 is 2.84 bits per heavy atom. The first-order chi connectivity index (χ1) is 15.1. The number of amides is 2. The van der Waals surface area contributed by atoms with Gasteiger partial charge in [-0.05, 0) is 31.1 Å². The Morgan fingerprint density at radius 2 is 2.00 bits per heavy atom. The van der Waals surface area contributed by atoms with Crippen LogP contribution in [0.5, 0.6) is 0 Å². The maximum Gasteiger partial charge on any atom is 0.258 e. The Hall–Kier alpha value is -3.38. The molecule has 0 aliphatic carbocycles. The third-order valence-electron chi connectivity index (χ3n) is 6.07. The molecule has 1 aromatic heterocycles. The number of nitrogens with zero attached hydrogens (tertiary/aromatic N) is 2. The minimum Gasteiger partial charge on any atom is -0.376 e. The van der Waals surface area contributed by atoms with E-state index in [9.17, 15) is 9.59 Å². The largest absolute Gasteiger partial charge is 0.376 e. The van der Waals surface area contributed by atoms with Crippen LogP contribution in [0.4, 0.5) is 5.69 Å². The molecule has 0 spiro atoms. The number of fused-ring (bicyclic) bond motifs is 2. The number of para-hydroxylation sites is 2. The van der Waals surface area contributed by atoms with Crippen molar-refractivity contribution in [3.8, 4) is 0 Å². The van der Waals surface area contributed by atoms with Crippen LogP contribution in [0.25, 0.3) is 22.6 Å². The molecule has 6 heteroatoms. The van der Waals surface area contributed by atoms with Gasteiger partial charge in [0.1, 0.15) is 6.54 Å². The number of likely N-dealkylation sites (N-methyl/N-ethyl adjacent to an activating group) is 1. The van der Waals surface area contributed by atoms with Gasteiger partial charge in [-0.2, -0.15) is 0 Å². The lowest BCUT2D eigenvalue weighted by atomic mass is 10.0. The summed E-state index contributed by atoms with van der Waals surface area (Å²) in [5.74, 6) is -0.0650. The molecule has 31 heavy (non-hydrogen) atoms. The molecular formula is C25H25N3O3. The van der Waals surface area contributed by atoms with Crippen molar-refractivity contribution in [2.45, 2.75) is 25.5 Å². The summed E-state index contributed by atoms with van der Waals surface area (Å²) in [5.41, 5.74) is 4.41. The number of hydrogen-bond donors (Lipinski definition) is 1. The van der Waals surface area contributed by atoms with Crippen molar-refractivity contribution in [2.24, 2.45) is 0 Å². The molecular weight excluding hydrogens is 390 g/mol. The summed E-state index contributed by atoms with van der Waals surface area (Å²) in [6.45, 7) is 1.55. The summed E-state index contributed by atoms with van der Waals surface area (Å²) >= 11 is 0. The van der Waals surface area contributed by atoms with Crippen molar-refractivity contribution in [1.29, 1.82) is 0 Å². The van der Waals surface area contributed by atoms with Crippen LogP contribution >= 0.6 is 0 Å². The molecule has 2 amide bonds. The normalized spacial score (nSPS) is 19.4. The van der Waals surface area contributed by atoms with E-state index in [2.05, 4.69) is 5.32 Å². The van der Waals surface area contributed by atoms with Crippen LogP contribution < -0.4 is 10.2 Å². The zero-order chi connectivity index (χ0) is 21.4. The molecule has 1 fully saturated rings. The smallest absolute Gasteiger partial charge is 0.258 e. The van der Waals surface area contributed by atoms with Crippen molar-refractivity contribution < 1.29 is 14.3 Å². The topological polar surface area (TPSA) is 63.6 Å². The van der Waals surface area contributed by atoms with Gasteiger partial charge in [0.25, 0.3) is 5.91 Å². The first-order valence-corrected chi connectivity index (χ1v) is 10.7. The van der Waals surface area contributed by atoms with E-state index in [0.717, 1.165) is 47.2 Å². The molecule has 158 valence electrons. The van der Waals surface area contributed by atoms with Crippen LogP contribution in [0.2, 0.25) is 0 Å². The average molecular weight is 415 g/mol. The highest BCUT2D eigenvalue weighted by atomic mass is 16.5. The van der Waals surface area contributed by atoms with Crippen LogP contribution in [0.1, 0.15) is 24.0 Å². The van der Waals surface area contributed by atoms with Gasteiger partial charge >= 0.3 is 0 Å². The van der Waals surface area contributed by atoms with E-state index >= 15 is 0 Å². The molecule has 3 heterocycles. The summed E-state index contributed by atoms with van der Waals surface area (Å²) in [6.07, 6.45) is 6.06. The summed E-state index contributed by atoms with van der Waals surface area (Å²) in [4.78, 5) is 27.1. The van der Waals surface area contributed by atoms with E-state index in [1.54, 1.807) is 11.9 Å². The fourth-order valence-corrected chi connectivity index (χ4v) is 4.46. The summed E-state index contributed by atoms with van der Waals surface area (Å²) in [5, 5.41) is 4.00. The number of carbonyl (C=O) groups is 2. The summed E-state index contributed by atoms with van der Waals surface area (Å²) in [7, 11) is 1.80. The molecule has 1 atom stereocenters. The maximum atomic E-state index is 12.9. The second kappa shape index (κ2) is 8.04. The first kappa shape index (κ1) is 19.6. The summed E-state index contributed by atoms with van der Waals surface area (Å²) < 4.78 is 7.53. The van der Waals surface area contributed by atoms with Crippen molar-refractivity contribution in [2.75, 3.05) is 25.1 Å². The van der Waals surface area contributed by atoms with Gasteiger partial charge in [-0.25, -0.2) is 0 Å². The lowest BCUT2D eigenvalue weighted by molar-refractivity contribution is -0.122. The third-order valence-corrected chi connectivity index (χ3v) is 6.07. The maximum absolute atomic E-state index is 12.9. The number of carbonyl (C=O) groups excluding carboxylic acids is 2. The van der Waals surface area contributed by atoms with Crippen LogP contribution in [0.3, 0.4) is 0 Å². The standard InChI is InChI=1S/C25H25N3O3/c1-27-22-10-4-3-9-20(22)21(25(27)30)13-17-15-28(23-11-5-2-8-19(17)23)16-24(29)26-14-18-7-6-12-31-18/h2-5,8-11,13,15,18H,6-7,12,14,16H2,1H3,(H,26,29). The predicted octanol–water partition coefficient (Wildman–Crippen LogP) is 3.45. The van der Waals surface area contributed by atoms with Gasteiger partial charge in [0.2, 0.25) is 5.91 Å². The van der Waals surface area contributed by atoms with E-state index in [1.165, 1.54) is 0 Å². The highest BCUT2D eigenvalue weighted by Gasteiger charge is 2.29. The predicted molar refractivity (Wildman–Crippen MR) is 122 cm³/mol. The number of aromatic nitrogens is 1. The van der Waals surface area contributed by atoms with Crippen molar-refractivity contribution in [1.82, 2.24) is 9.88 Å².